The molecule has 1 aliphatic carbocycles. The maximum atomic E-state index is 13.5. The molecule has 1 N–H and O–H groups in total. The number of rotatable bonds is 12. The van der Waals surface area contributed by atoms with Crippen molar-refractivity contribution < 1.29 is 22.7 Å². The van der Waals surface area contributed by atoms with Crippen LogP contribution in [-0.2, 0) is 26.2 Å². The lowest BCUT2D eigenvalue weighted by atomic mass is 9.95. The summed E-state index contributed by atoms with van der Waals surface area (Å²) in [4.78, 5) is 28.3. The van der Waals surface area contributed by atoms with E-state index in [-0.39, 0.29) is 30.8 Å². The van der Waals surface area contributed by atoms with Gasteiger partial charge in [0.2, 0.25) is 21.8 Å². The Balaban J connectivity index is 1.72. The van der Waals surface area contributed by atoms with Gasteiger partial charge in [0.25, 0.3) is 0 Å². The van der Waals surface area contributed by atoms with Crippen molar-refractivity contribution in [1.29, 1.82) is 0 Å². The van der Waals surface area contributed by atoms with E-state index in [1.807, 2.05) is 31.2 Å². The third-order valence-corrected chi connectivity index (χ3v) is 8.24. The average Bonchev–Trinajstić information content (AvgIpc) is 2.89. The van der Waals surface area contributed by atoms with Crippen LogP contribution in [0.15, 0.2) is 48.5 Å². The molecule has 1 fully saturated rings. The van der Waals surface area contributed by atoms with Gasteiger partial charge in [0, 0.05) is 31.6 Å². The summed E-state index contributed by atoms with van der Waals surface area (Å²) in [7, 11) is -2.05. The lowest BCUT2D eigenvalue weighted by molar-refractivity contribution is -0.141. The number of benzene rings is 2. The number of aryl methyl sites for hydroxylation is 1. The summed E-state index contributed by atoms with van der Waals surface area (Å²) in [6, 6.07) is 14.2. The van der Waals surface area contributed by atoms with Crippen molar-refractivity contribution in [2.45, 2.75) is 77.4 Å². The molecule has 0 heterocycles. The predicted octanol–water partition coefficient (Wildman–Crippen LogP) is 4.42. The van der Waals surface area contributed by atoms with E-state index in [1.54, 1.807) is 36.1 Å². The highest BCUT2D eigenvalue weighted by molar-refractivity contribution is 7.92. The normalized spacial score (nSPS) is 14.9. The summed E-state index contributed by atoms with van der Waals surface area (Å²) >= 11 is 0. The molecule has 2 aromatic carbocycles. The largest absolute Gasteiger partial charge is 0.497 e. The Morgan fingerprint density at radius 2 is 1.79 bits per heavy atom. The Labute approximate surface area is 227 Å². The van der Waals surface area contributed by atoms with Gasteiger partial charge in [0.1, 0.15) is 11.8 Å². The van der Waals surface area contributed by atoms with Crippen molar-refractivity contribution in [3.63, 3.8) is 0 Å². The average molecular weight is 544 g/mol. The SMILES string of the molecule is COc1cccc(N(CCCC(=O)N(Cc2cccc(C)c2)[C@@H](C)C(=O)NC2CCCCC2)S(C)(=O)=O)c1. The van der Waals surface area contributed by atoms with E-state index in [9.17, 15) is 18.0 Å². The summed E-state index contributed by atoms with van der Waals surface area (Å²) in [5.74, 6) is 0.221. The van der Waals surface area contributed by atoms with E-state index in [0.29, 0.717) is 24.4 Å². The molecule has 1 atom stereocenters. The first-order valence-electron chi connectivity index (χ1n) is 13.4. The molecule has 0 radical (unpaired) electrons. The number of nitrogens with zero attached hydrogens (tertiary/aromatic N) is 2. The highest BCUT2D eigenvalue weighted by Crippen LogP contribution is 2.24. The zero-order valence-corrected chi connectivity index (χ0v) is 23.8. The van der Waals surface area contributed by atoms with Crippen LogP contribution in [0.4, 0.5) is 5.69 Å². The van der Waals surface area contributed by atoms with E-state index in [1.165, 1.54) is 17.8 Å². The number of hydrogen-bond donors (Lipinski definition) is 1. The summed E-state index contributed by atoms with van der Waals surface area (Å²) < 4.78 is 31.6. The second-order valence-corrected chi connectivity index (χ2v) is 12.1. The van der Waals surface area contributed by atoms with Gasteiger partial charge in [-0.1, -0.05) is 55.2 Å². The van der Waals surface area contributed by atoms with Crippen LogP contribution in [0.3, 0.4) is 0 Å². The Hall–Kier alpha value is -3.07. The topological polar surface area (TPSA) is 96.0 Å². The van der Waals surface area contributed by atoms with Crippen molar-refractivity contribution in [2.75, 3.05) is 24.2 Å². The lowest BCUT2D eigenvalue weighted by Crippen LogP contribution is -2.50. The fraction of sp³-hybridized carbons (Fsp3) is 0.517. The number of methoxy groups -OCH3 is 1. The van der Waals surface area contributed by atoms with Gasteiger partial charge in [-0.3, -0.25) is 13.9 Å². The van der Waals surface area contributed by atoms with Crippen LogP contribution in [0.1, 0.15) is 63.0 Å². The molecule has 0 bridgehead atoms. The van der Waals surface area contributed by atoms with Crippen molar-refractivity contribution in [2.24, 2.45) is 0 Å². The maximum absolute atomic E-state index is 13.5. The first kappa shape index (κ1) is 29.5. The zero-order chi connectivity index (χ0) is 27.7. The molecule has 8 nitrogen and oxygen atoms in total. The van der Waals surface area contributed by atoms with E-state index >= 15 is 0 Å². The first-order chi connectivity index (χ1) is 18.1. The number of anilines is 1. The van der Waals surface area contributed by atoms with Crippen molar-refractivity contribution >= 4 is 27.5 Å². The second-order valence-electron chi connectivity index (χ2n) is 10.2. The molecule has 0 saturated heterocycles. The van der Waals surface area contributed by atoms with Crippen molar-refractivity contribution in [3.05, 3.63) is 59.7 Å². The minimum absolute atomic E-state index is 0.114. The molecule has 208 valence electrons. The van der Waals surface area contributed by atoms with Gasteiger partial charge in [0.15, 0.2) is 0 Å². The molecule has 0 spiro atoms. The van der Waals surface area contributed by atoms with E-state index in [0.717, 1.165) is 43.1 Å². The number of carbonyl (C=O) groups excluding carboxylic acids is 2. The van der Waals surface area contributed by atoms with Gasteiger partial charge in [-0.25, -0.2) is 8.42 Å². The number of sulfonamides is 1. The molecule has 1 aliphatic rings. The van der Waals surface area contributed by atoms with Gasteiger partial charge in [-0.2, -0.15) is 0 Å². The van der Waals surface area contributed by atoms with Crippen LogP contribution >= 0.6 is 0 Å². The minimum Gasteiger partial charge on any atom is -0.497 e. The van der Waals surface area contributed by atoms with Crippen molar-refractivity contribution in [3.8, 4) is 5.75 Å². The lowest BCUT2D eigenvalue weighted by Gasteiger charge is -2.31. The molecule has 0 aliphatic heterocycles. The quantitative estimate of drug-likeness (QED) is 0.428. The molecule has 2 aromatic rings. The molecule has 2 amide bonds. The van der Waals surface area contributed by atoms with Gasteiger partial charge < -0.3 is 15.0 Å². The smallest absolute Gasteiger partial charge is 0.242 e. The molecule has 3 rings (SSSR count). The molecule has 38 heavy (non-hydrogen) atoms. The van der Waals surface area contributed by atoms with Crippen LogP contribution in [0.25, 0.3) is 0 Å². The van der Waals surface area contributed by atoms with Gasteiger partial charge in [-0.15, -0.1) is 0 Å². The first-order valence-corrected chi connectivity index (χ1v) is 15.2. The highest BCUT2D eigenvalue weighted by atomic mass is 32.2. The number of hydrogen-bond acceptors (Lipinski definition) is 5. The van der Waals surface area contributed by atoms with Crippen LogP contribution < -0.4 is 14.4 Å². The summed E-state index contributed by atoms with van der Waals surface area (Å²) in [6.07, 6.45) is 6.92. The van der Waals surface area contributed by atoms with Gasteiger partial charge in [0.05, 0.1) is 19.1 Å². The third-order valence-electron chi connectivity index (χ3n) is 7.05. The van der Waals surface area contributed by atoms with Gasteiger partial charge >= 0.3 is 0 Å². The second kappa shape index (κ2) is 13.6. The van der Waals surface area contributed by atoms with E-state index < -0.39 is 16.1 Å². The summed E-state index contributed by atoms with van der Waals surface area (Å²) in [5, 5.41) is 3.15. The van der Waals surface area contributed by atoms with Crippen LogP contribution in [0, 0.1) is 6.92 Å². The van der Waals surface area contributed by atoms with Crippen LogP contribution in [0.5, 0.6) is 5.75 Å². The van der Waals surface area contributed by atoms with Gasteiger partial charge in [-0.05, 0) is 50.8 Å². The Bertz CT molecular complexity index is 1190. The standard InChI is InChI=1S/C29H41N3O5S/c1-22-11-8-12-24(19-22)21-31(23(2)29(34)30-25-13-6-5-7-14-25)28(33)17-10-18-32(38(4,35)36)26-15-9-16-27(20-26)37-3/h8-9,11-12,15-16,19-20,23,25H,5-7,10,13-14,17-18,21H2,1-4H3,(H,30,34)/t23-/m0/s1. The number of nitrogens with one attached hydrogen (secondary N) is 1. The maximum Gasteiger partial charge on any atom is 0.242 e. The molecular formula is C29H41N3O5S. The summed E-state index contributed by atoms with van der Waals surface area (Å²) in [6.45, 7) is 4.21. The van der Waals surface area contributed by atoms with E-state index in [4.69, 9.17) is 4.74 Å². The van der Waals surface area contributed by atoms with E-state index in [2.05, 4.69) is 5.32 Å². The number of amides is 2. The zero-order valence-electron chi connectivity index (χ0n) is 23.0. The molecule has 0 aromatic heterocycles. The Morgan fingerprint density at radius 3 is 2.45 bits per heavy atom. The number of ether oxygens (including phenoxy) is 1. The fourth-order valence-corrected chi connectivity index (χ4v) is 5.89. The fourth-order valence-electron chi connectivity index (χ4n) is 4.93. The Morgan fingerprint density at radius 1 is 1.08 bits per heavy atom. The number of carbonyl (C=O) groups is 2. The van der Waals surface area contributed by atoms with Crippen LogP contribution in [0.2, 0.25) is 0 Å². The monoisotopic (exact) mass is 543 g/mol. The van der Waals surface area contributed by atoms with Crippen LogP contribution in [-0.4, -0.2) is 57.1 Å². The highest BCUT2D eigenvalue weighted by Gasteiger charge is 2.28. The molecule has 1 saturated carbocycles. The Kier molecular flexibility index (Phi) is 10.6. The molecule has 9 heteroatoms. The summed E-state index contributed by atoms with van der Waals surface area (Å²) in [5.41, 5.74) is 2.51. The molecule has 0 unspecified atom stereocenters. The predicted molar refractivity (Wildman–Crippen MR) is 151 cm³/mol. The molecular weight excluding hydrogens is 502 g/mol. The van der Waals surface area contributed by atoms with Crippen molar-refractivity contribution in [1.82, 2.24) is 10.2 Å². The third kappa shape index (κ3) is 8.48. The minimum atomic E-state index is -3.57.